The summed E-state index contributed by atoms with van der Waals surface area (Å²) >= 11 is 0. The van der Waals surface area contributed by atoms with Gasteiger partial charge in [0, 0.05) is 18.6 Å². The average Bonchev–Trinajstić information content (AvgIpc) is 3.45. The minimum absolute atomic E-state index is 0.0331. The Bertz CT molecular complexity index is 1080. The highest BCUT2D eigenvalue weighted by molar-refractivity contribution is 6.04. The maximum atomic E-state index is 6.01. The van der Waals surface area contributed by atoms with E-state index in [1.807, 2.05) is 0 Å². The molecule has 2 atom stereocenters. The molecule has 29 heavy (non-hydrogen) atoms. The highest BCUT2D eigenvalue weighted by Gasteiger charge is 2.53. The summed E-state index contributed by atoms with van der Waals surface area (Å²) in [4.78, 5) is 0. The second-order valence-corrected chi connectivity index (χ2v) is 9.20. The molecule has 0 spiro atoms. The Hall–Kier alpha value is -2.16. The lowest BCUT2D eigenvalue weighted by atomic mass is 9.54. The van der Waals surface area contributed by atoms with E-state index in [4.69, 9.17) is 9.47 Å². The van der Waals surface area contributed by atoms with Gasteiger partial charge in [0.2, 0.25) is 0 Å². The lowest BCUT2D eigenvalue weighted by molar-refractivity contribution is 0.129. The normalized spacial score (nSPS) is 28.1. The molecule has 3 aromatic carbocycles. The van der Waals surface area contributed by atoms with Crippen molar-refractivity contribution in [2.75, 3.05) is 26.4 Å². The van der Waals surface area contributed by atoms with Crippen molar-refractivity contribution in [3.8, 4) is 11.1 Å². The van der Waals surface area contributed by atoms with Crippen LogP contribution in [0.3, 0.4) is 0 Å². The summed E-state index contributed by atoms with van der Waals surface area (Å²) in [5.74, 6) is 0.989. The number of benzene rings is 3. The SMILES string of the molecule is Cc1ccc2c(c1)C(C1CCOC1)(C1CCOC1)c1cccc3c(C)ccc-2c13. The molecule has 3 aliphatic rings. The largest absolute Gasteiger partial charge is 0.381 e. The molecule has 0 saturated carbocycles. The van der Waals surface area contributed by atoms with E-state index in [1.54, 1.807) is 0 Å². The first-order chi connectivity index (χ1) is 14.2. The molecule has 0 radical (unpaired) electrons. The number of ether oxygens (including phenoxy) is 2. The van der Waals surface area contributed by atoms with Gasteiger partial charge in [-0.2, -0.15) is 0 Å². The third-order valence-electron chi connectivity index (χ3n) is 7.76. The lowest BCUT2D eigenvalue weighted by Gasteiger charge is -2.48. The monoisotopic (exact) mass is 384 g/mol. The van der Waals surface area contributed by atoms with Crippen molar-refractivity contribution < 1.29 is 9.47 Å². The first kappa shape index (κ1) is 17.7. The van der Waals surface area contributed by atoms with Gasteiger partial charge in [-0.3, -0.25) is 0 Å². The molecule has 1 aliphatic carbocycles. The number of hydrogen-bond donors (Lipinski definition) is 0. The van der Waals surface area contributed by atoms with Crippen molar-refractivity contribution in [3.63, 3.8) is 0 Å². The Balaban J connectivity index is 1.80. The summed E-state index contributed by atoms with van der Waals surface area (Å²) in [6.07, 6.45) is 2.25. The number of hydrogen-bond acceptors (Lipinski definition) is 2. The summed E-state index contributed by atoms with van der Waals surface area (Å²) in [5, 5.41) is 2.86. The maximum Gasteiger partial charge on any atom is 0.0507 e. The fraction of sp³-hybridized carbons (Fsp3) is 0.407. The van der Waals surface area contributed by atoms with Gasteiger partial charge in [0.15, 0.2) is 0 Å². The zero-order chi connectivity index (χ0) is 19.6. The Morgan fingerprint density at radius 2 is 1.52 bits per heavy atom. The van der Waals surface area contributed by atoms with Gasteiger partial charge in [0.25, 0.3) is 0 Å². The van der Waals surface area contributed by atoms with Crippen LogP contribution in [0.4, 0.5) is 0 Å². The fourth-order valence-electron chi connectivity index (χ4n) is 6.50. The minimum Gasteiger partial charge on any atom is -0.381 e. The zero-order valence-electron chi connectivity index (χ0n) is 17.3. The molecule has 2 heteroatoms. The van der Waals surface area contributed by atoms with Gasteiger partial charge < -0.3 is 9.47 Å². The highest BCUT2D eigenvalue weighted by Crippen LogP contribution is 2.58. The topological polar surface area (TPSA) is 18.5 Å². The Kier molecular flexibility index (Phi) is 3.91. The summed E-state index contributed by atoms with van der Waals surface area (Å²) in [5.41, 5.74) is 8.50. The van der Waals surface area contributed by atoms with Crippen molar-refractivity contribution in [1.82, 2.24) is 0 Å². The number of aryl methyl sites for hydroxylation is 2. The van der Waals surface area contributed by atoms with E-state index in [0.717, 1.165) is 39.3 Å². The molecule has 148 valence electrons. The van der Waals surface area contributed by atoms with Crippen LogP contribution in [0, 0.1) is 25.7 Å². The van der Waals surface area contributed by atoms with Gasteiger partial charge in [0.1, 0.15) is 0 Å². The molecule has 3 aromatic rings. The maximum absolute atomic E-state index is 6.01. The van der Waals surface area contributed by atoms with Crippen LogP contribution in [-0.2, 0) is 14.9 Å². The molecule has 2 nitrogen and oxygen atoms in total. The zero-order valence-corrected chi connectivity index (χ0v) is 17.3. The quantitative estimate of drug-likeness (QED) is 0.556. The number of rotatable bonds is 2. The molecule has 0 amide bonds. The third-order valence-corrected chi connectivity index (χ3v) is 7.76. The second-order valence-electron chi connectivity index (χ2n) is 9.20. The van der Waals surface area contributed by atoms with Crippen molar-refractivity contribution in [2.45, 2.75) is 32.1 Å². The van der Waals surface area contributed by atoms with Gasteiger partial charge in [-0.05, 0) is 77.1 Å². The summed E-state index contributed by atoms with van der Waals surface area (Å²) in [6.45, 7) is 7.91. The van der Waals surface area contributed by atoms with E-state index in [0.29, 0.717) is 11.8 Å². The molecule has 2 saturated heterocycles. The molecular weight excluding hydrogens is 356 g/mol. The summed E-state index contributed by atoms with van der Waals surface area (Å²) in [6, 6.07) is 18.7. The van der Waals surface area contributed by atoms with Crippen molar-refractivity contribution in [1.29, 1.82) is 0 Å². The predicted molar refractivity (Wildman–Crippen MR) is 117 cm³/mol. The number of fused-ring (bicyclic) bond motifs is 2. The van der Waals surface area contributed by atoms with Crippen molar-refractivity contribution >= 4 is 10.8 Å². The summed E-state index contributed by atoms with van der Waals surface area (Å²) in [7, 11) is 0. The fourth-order valence-corrected chi connectivity index (χ4v) is 6.50. The van der Waals surface area contributed by atoms with Crippen LogP contribution in [0.2, 0.25) is 0 Å². The van der Waals surface area contributed by atoms with E-state index < -0.39 is 0 Å². The predicted octanol–water partition coefficient (Wildman–Crippen LogP) is 5.80. The minimum atomic E-state index is -0.0331. The van der Waals surface area contributed by atoms with E-state index in [1.165, 1.54) is 44.2 Å². The smallest absolute Gasteiger partial charge is 0.0507 e. The molecule has 2 heterocycles. The molecule has 2 fully saturated rings. The molecule has 2 aliphatic heterocycles. The first-order valence-electron chi connectivity index (χ1n) is 11.0. The highest BCUT2D eigenvalue weighted by atomic mass is 16.5. The van der Waals surface area contributed by atoms with Crippen LogP contribution in [0.25, 0.3) is 21.9 Å². The van der Waals surface area contributed by atoms with E-state index >= 15 is 0 Å². The second kappa shape index (κ2) is 6.42. The Labute approximate surface area is 172 Å². The third kappa shape index (κ3) is 2.30. The standard InChI is InChI=1S/C27H28O2/c1-17-6-8-22-23-9-7-18(2)21-4-3-5-24(26(21)23)27(25(22)14-17,19-10-12-28-15-19)20-11-13-29-16-20/h3-9,14,19-20H,10-13,15-16H2,1-2H3. The van der Waals surface area contributed by atoms with E-state index in [2.05, 4.69) is 62.4 Å². The van der Waals surface area contributed by atoms with E-state index in [9.17, 15) is 0 Å². The Morgan fingerprint density at radius 3 is 2.21 bits per heavy atom. The van der Waals surface area contributed by atoms with Crippen molar-refractivity contribution in [2.24, 2.45) is 11.8 Å². The molecule has 0 N–H and O–H groups in total. The average molecular weight is 385 g/mol. The Morgan fingerprint density at radius 1 is 0.793 bits per heavy atom. The van der Waals surface area contributed by atoms with Gasteiger partial charge in [0.05, 0.1) is 13.2 Å². The van der Waals surface area contributed by atoms with Gasteiger partial charge in [-0.15, -0.1) is 0 Å². The van der Waals surface area contributed by atoms with Gasteiger partial charge in [-0.1, -0.05) is 54.1 Å². The first-order valence-corrected chi connectivity index (χ1v) is 11.0. The van der Waals surface area contributed by atoms with Crippen LogP contribution in [0.5, 0.6) is 0 Å². The van der Waals surface area contributed by atoms with Gasteiger partial charge in [-0.25, -0.2) is 0 Å². The van der Waals surface area contributed by atoms with Crippen LogP contribution in [0.1, 0.15) is 35.1 Å². The molecule has 6 rings (SSSR count). The lowest BCUT2D eigenvalue weighted by Crippen LogP contribution is -2.46. The van der Waals surface area contributed by atoms with E-state index in [-0.39, 0.29) is 5.41 Å². The van der Waals surface area contributed by atoms with Gasteiger partial charge >= 0.3 is 0 Å². The van der Waals surface area contributed by atoms with Crippen LogP contribution >= 0.6 is 0 Å². The van der Waals surface area contributed by atoms with Crippen LogP contribution in [0.15, 0.2) is 48.5 Å². The molecule has 0 bridgehead atoms. The summed E-state index contributed by atoms with van der Waals surface area (Å²) < 4.78 is 12.0. The molecule has 0 aromatic heterocycles. The molecular formula is C27H28O2. The van der Waals surface area contributed by atoms with Crippen LogP contribution < -0.4 is 0 Å². The van der Waals surface area contributed by atoms with Crippen LogP contribution in [-0.4, -0.2) is 26.4 Å². The molecule has 2 unspecified atom stereocenters. The van der Waals surface area contributed by atoms with Crippen molar-refractivity contribution in [3.05, 3.63) is 70.8 Å².